The van der Waals surface area contributed by atoms with E-state index in [4.69, 9.17) is 0 Å². The molecule has 0 bridgehead atoms. The minimum atomic E-state index is 0.951. The number of fused-ring (bicyclic) bond motifs is 1. The Morgan fingerprint density at radius 2 is 1.81 bits per heavy atom. The predicted octanol–water partition coefficient (Wildman–Crippen LogP) is 2.10. The molecule has 0 N–H and O–H groups in total. The molecule has 0 aliphatic carbocycles. The van der Waals surface area contributed by atoms with Crippen molar-refractivity contribution in [2.24, 2.45) is 0 Å². The molecule has 0 radical (unpaired) electrons. The highest BCUT2D eigenvalue weighted by atomic mass is 32.1. The monoisotopic (exact) mass is 228 g/mol. The molecule has 0 fully saturated rings. The van der Waals surface area contributed by atoms with Crippen LogP contribution in [0.1, 0.15) is 0 Å². The SMILES string of the molecule is Sc1cccc2c(-n3cnnn3)cccc12. The van der Waals surface area contributed by atoms with Crippen molar-refractivity contribution in [3.63, 3.8) is 0 Å². The highest BCUT2D eigenvalue weighted by Gasteiger charge is 2.05. The maximum atomic E-state index is 4.43. The molecule has 0 unspecified atom stereocenters. The van der Waals surface area contributed by atoms with Crippen LogP contribution in [0.15, 0.2) is 47.6 Å². The highest BCUT2D eigenvalue weighted by molar-refractivity contribution is 7.80. The van der Waals surface area contributed by atoms with Crippen molar-refractivity contribution in [1.82, 2.24) is 20.2 Å². The Morgan fingerprint density at radius 1 is 1.00 bits per heavy atom. The number of tetrazole rings is 1. The van der Waals surface area contributed by atoms with E-state index in [0.717, 1.165) is 21.4 Å². The quantitative estimate of drug-likeness (QED) is 0.649. The number of benzene rings is 2. The van der Waals surface area contributed by atoms with Gasteiger partial charge in [0.25, 0.3) is 0 Å². The summed E-state index contributed by atoms with van der Waals surface area (Å²) in [6, 6.07) is 12.0. The van der Waals surface area contributed by atoms with Gasteiger partial charge in [-0.15, -0.1) is 17.7 Å². The first-order chi connectivity index (χ1) is 7.86. The zero-order valence-corrected chi connectivity index (χ0v) is 9.17. The zero-order valence-electron chi connectivity index (χ0n) is 8.28. The molecule has 3 rings (SSSR count). The van der Waals surface area contributed by atoms with Crippen LogP contribution in [0.25, 0.3) is 16.5 Å². The van der Waals surface area contributed by atoms with E-state index in [2.05, 4.69) is 28.2 Å². The Labute approximate surface area is 97.3 Å². The Kier molecular flexibility index (Phi) is 2.11. The van der Waals surface area contributed by atoms with E-state index < -0.39 is 0 Å². The number of aromatic nitrogens is 4. The molecule has 5 heteroatoms. The van der Waals surface area contributed by atoms with E-state index in [1.807, 2.05) is 36.4 Å². The number of hydrogen-bond acceptors (Lipinski definition) is 4. The minimum Gasteiger partial charge on any atom is -0.200 e. The molecule has 0 aliphatic heterocycles. The highest BCUT2D eigenvalue weighted by Crippen LogP contribution is 2.26. The molecule has 3 aromatic rings. The van der Waals surface area contributed by atoms with Gasteiger partial charge in [0.05, 0.1) is 5.69 Å². The molecule has 16 heavy (non-hydrogen) atoms. The van der Waals surface area contributed by atoms with E-state index in [1.165, 1.54) is 0 Å². The zero-order chi connectivity index (χ0) is 11.0. The summed E-state index contributed by atoms with van der Waals surface area (Å²) in [5, 5.41) is 13.4. The summed E-state index contributed by atoms with van der Waals surface area (Å²) < 4.78 is 1.65. The molecule has 1 heterocycles. The van der Waals surface area contributed by atoms with Crippen LogP contribution in [0.2, 0.25) is 0 Å². The average molecular weight is 228 g/mol. The van der Waals surface area contributed by atoms with Crippen molar-refractivity contribution in [2.75, 3.05) is 0 Å². The lowest BCUT2D eigenvalue weighted by Crippen LogP contribution is -1.96. The molecule has 78 valence electrons. The van der Waals surface area contributed by atoms with Gasteiger partial charge in [0.15, 0.2) is 0 Å². The third kappa shape index (κ3) is 1.37. The lowest BCUT2D eigenvalue weighted by atomic mass is 10.1. The molecule has 0 saturated heterocycles. The van der Waals surface area contributed by atoms with Crippen LogP contribution in [-0.4, -0.2) is 20.2 Å². The van der Waals surface area contributed by atoms with Crippen molar-refractivity contribution < 1.29 is 0 Å². The van der Waals surface area contributed by atoms with E-state index >= 15 is 0 Å². The number of rotatable bonds is 1. The molecule has 0 saturated carbocycles. The fourth-order valence-corrected chi connectivity index (χ4v) is 2.03. The molecule has 0 atom stereocenters. The van der Waals surface area contributed by atoms with Gasteiger partial charge >= 0.3 is 0 Å². The third-order valence-corrected chi connectivity index (χ3v) is 2.86. The Bertz CT molecular complexity index is 634. The number of nitrogens with zero attached hydrogens (tertiary/aromatic N) is 4. The summed E-state index contributed by atoms with van der Waals surface area (Å²) >= 11 is 4.43. The molecular formula is C11H8N4S. The lowest BCUT2D eigenvalue weighted by Gasteiger charge is -2.06. The van der Waals surface area contributed by atoms with Crippen LogP contribution >= 0.6 is 12.6 Å². The molecule has 0 aliphatic rings. The first kappa shape index (κ1) is 9.35. The van der Waals surface area contributed by atoms with Crippen LogP contribution in [0.4, 0.5) is 0 Å². The van der Waals surface area contributed by atoms with Crippen molar-refractivity contribution in [3.8, 4) is 5.69 Å². The molecule has 2 aromatic carbocycles. The van der Waals surface area contributed by atoms with Crippen LogP contribution in [-0.2, 0) is 0 Å². The standard InChI is InChI=1S/C11H8N4S/c16-11-6-2-3-8-9(11)4-1-5-10(8)15-7-12-13-14-15/h1-7,16H. The van der Waals surface area contributed by atoms with Crippen molar-refractivity contribution in [1.29, 1.82) is 0 Å². The Morgan fingerprint density at radius 3 is 2.62 bits per heavy atom. The normalized spacial score (nSPS) is 10.8. The van der Waals surface area contributed by atoms with Gasteiger partial charge in [0.1, 0.15) is 6.33 Å². The Hall–Kier alpha value is -1.88. The molecular weight excluding hydrogens is 220 g/mol. The second-order valence-corrected chi connectivity index (χ2v) is 3.89. The Balaban J connectivity index is 2.38. The molecule has 1 aromatic heterocycles. The van der Waals surface area contributed by atoms with Crippen LogP contribution < -0.4 is 0 Å². The van der Waals surface area contributed by atoms with E-state index in [0.29, 0.717) is 0 Å². The van der Waals surface area contributed by atoms with Gasteiger partial charge in [-0.05, 0) is 27.9 Å². The van der Waals surface area contributed by atoms with Gasteiger partial charge in [-0.2, -0.15) is 4.68 Å². The third-order valence-electron chi connectivity index (χ3n) is 2.47. The molecule has 4 nitrogen and oxygen atoms in total. The summed E-state index contributed by atoms with van der Waals surface area (Å²) in [6.45, 7) is 0. The van der Waals surface area contributed by atoms with Crippen molar-refractivity contribution >= 4 is 23.4 Å². The average Bonchev–Trinajstić information content (AvgIpc) is 2.82. The number of thiol groups is 1. The van der Waals surface area contributed by atoms with Gasteiger partial charge in [-0.1, -0.05) is 24.3 Å². The summed E-state index contributed by atoms with van der Waals surface area (Å²) in [5.41, 5.74) is 0.957. The summed E-state index contributed by atoms with van der Waals surface area (Å²) in [5.74, 6) is 0. The smallest absolute Gasteiger partial charge is 0.143 e. The maximum absolute atomic E-state index is 4.43. The van der Waals surface area contributed by atoms with E-state index in [9.17, 15) is 0 Å². The first-order valence-electron chi connectivity index (χ1n) is 4.80. The van der Waals surface area contributed by atoms with E-state index in [1.54, 1.807) is 11.0 Å². The van der Waals surface area contributed by atoms with Crippen molar-refractivity contribution in [2.45, 2.75) is 4.90 Å². The second kappa shape index (κ2) is 3.61. The van der Waals surface area contributed by atoms with Gasteiger partial charge < -0.3 is 0 Å². The fourth-order valence-electron chi connectivity index (χ4n) is 1.75. The minimum absolute atomic E-state index is 0.951. The van der Waals surface area contributed by atoms with Crippen LogP contribution in [0.3, 0.4) is 0 Å². The van der Waals surface area contributed by atoms with Crippen LogP contribution in [0, 0.1) is 0 Å². The first-order valence-corrected chi connectivity index (χ1v) is 5.25. The summed E-state index contributed by atoms with van der Waals surface area (Å²) in [4.78, 5) is 0.951. The lowest BCUT2D eigenvalue weighted by molar-refractivity contribution is 0.793. The predicted molar refractivity (Wildman–Crippen MR) is 63.9 cm³/mol. The summed E-state index contributed by atoms with van der Waals surface area (Å²) in [6.07, 6.45) is 1.58. The van der Waals surface area contributed by atoms with Gasteiger partial charge in [0.2, 0.25) is 0 Å². The fraction of sp³-hybridized carbons (Fsp3) is 0. The van der Waals surface area contributed by atoms with Gasteiger partial charge in [0, 0.05) is 10.3 Å². The summed E-state index contributed by atoms with van der Waals surface area (Å²) in [7, 11) is 0. The topological polar surface area (TPSA) is 43.6 Å². The number of hydrogen-bond donors (Lipinski definition) is 1. The largest absolute Gasteiger partial charge is 0.200 e. The van der Waals surface area contributed by atoms with Crippen molar-refractivity contribution in [3.05, 3.63) is 42.7 Å². The molecule has 0 amide bonds. The van der Waals surface area contributed by atoms with Gasteiger partial charge in [-0.25, -0.2) is 0 Å². The second-order valence-electron chi connectivity index (χ2n) is 3.40. The molecule has 0 spiro atoms. The maximum Gasteiger partial charge on any atom is 0.143 e. The van der Waals surface area contributed by atoms with Gasteiger partial charge in [-0.3, -0.25) is 0 Å². The van der Waals surface area contributed by atoms with Crippen LogP contribution in [0.5, 0.6) is 0 Å². The van der Waals surface area contributed by atoms with E-state index in [-0.39, 0.29) is 0 Å².